The minimum Gasteiger partial charge on any atom is -0.497 e. The minimum absolute atomic E-state index is 0.0418. The average molecular weight is 365 g/mol. The molecule has 1 amide bonds. The molecule has 2 aromatic carbocycles. The number of methoxy groups -OCH3 is 1. The van der Waals surface area contributed by atoms with Gasteiger partial charge in [0.1, 0.15) is 12.3 Å². The molecule has 27 heavy (non-hydrogen) atoms. The molecule has 6 heteroatoms. The Balaban J connectivity index is 1.81. The summed E-state index contributed by atoms with van der Waals surface area (Å²) in [4.78, 5) is 24.6. The van der Waals surface area contributed by atoms with Crippen molar-refractivity contribution in [1.29, 1.82) is 0 Å². The lowest BCUT2D eigenvalue weighted by Crippen LogP contribution is -2.35. The molecule has 0 aliphatic carbocycles. The lowest BCUT2D eigenvalue weighted by atomic mass is 9.96. The van der Waals surface area contributed by atoms with Crippen LogP contribution in [0, 0.1) is 5.92 Å². The average Bonchev–Trinajstić information content (AvgIpc) is 2.68. The Kier molecular flexibility index (Phi) is 5.54. The first-order valence-electron chi connectivity index (χ1n) is 8.87. The maximum atomic E-state index is 12.7. The second-order valence-electron chi connectivity index (χ2n) is 6.75. The summed E-state index contributed by atoms with van der Waals surface area (Å²) in [5.74, 6) is 0.823. The van der Waals surface area contributed by atoms with Crippen molar-refractivity contribution in [3.8, 4) is 5.75 Å². The molecule has 0 bridgehead atoms. The topological polar surface area (TPSA) is 73.2 Å². The Bertz CT molecular complexity index is 993. The van der Waals surface area contributed by atoms with E-state index in [1.807, 2.05) is 30.3 Å². The van der Waals surface area contributed by atoms with E-state index in [0.29, 0.717) is 10.9 Å². The van der Waals surface area contributed by atoms with E-state index in [1.54, 1.807) is 30.0 Å². The van der Waals surface area contributed by atoms with Crippen LogP contribution < -0.4 is 15.5 Å². The van der Waals surface area contributed by atoms with Crippen molar-refractivity contribution in [2.45, 2.75) is 26.4 Å². The summed E-state index contributed by atoms with van der Waals surface area (Å²) in [6.45, 7) is 4.16. The van der Waals surface area contributed by atoms with Crippen molar-refractivity contribution < 1.29 is 9.53 Å². The second-order valence-corrected chi connectivity index (χ2v) is 6.75. The molecule has 0 aliphatic heterocycles. The van der Waals surface area contributed by atoms with Crippen LogP contribution in [0.25, 0.3) is 10.9 Å². The van der Waals surface area contributed by atoms with Crippen LogP contribution in [0.4, 0.5) is 0 Å². The van der Waals surface area contributed by atoms with Crippen molar-refractivity contribution >= 4 is 16.8 Å². The van der Waals surface area contributed by atoms with Crippen molar-refractivity contribution in [3.63, 3.8) is 0 Å². The molecule has 3 rings (SSSR count). The van der Waals surface area contributed by atoms with Gasteiger partial charge >= 0.3 is 0 Å². The molecule has 0 saturated heterocycles. The molecule has 0 fully saturated rings. The first kappa shape index (κ1) is 18.6. The predicted molar refractivity (Wildman–Crippen MR) is 105 cm³/mol. The lowest BCUT2D eigenvalue weighted by molar-refractivity contribution is -0.122. The molecule has 0 radical (unpaired) electrons. The summed E-state index contributed by atoms with van der Waals surface area (Å²) in [5.41, 5.74) is 1.50. The number of benzene rings is 2. The van der Waals surface area contributed by atoms with Gasteiger partial charge < -0.3 is 10.1 Å². The molecule has 1 N–H and O–H groups in total. The van der Waals surface area contributed by atoms with Gasteiger partial charge in [-0.2, -0.15) is 5.10 Å². The Morgan fingerprint density at radius 3 is 2.52 bits per heavy atom. The number of carbonyl (C=O) groups excluding carboxylic acids is 1. The van der Waals surface area contributed by atoms with Gasteiger partial charge in [0.15, 0.2) is 0 Å². The summed E-state index contributed by atoms with van der Waals surface area (Å²) in [6, 6.07) is 14.7. The van der Waals surface area contributed by atoms with Crippen LogP contribution in [0.1, 0.15) is 25.5 Å². The number of nitrogens with one attached hydrogen (secondary N) is 1. The molecular weight excluding hydrogens is 342 g/mol. The van der Waals surface area contributed by atoms with Gasteiger partial charge in [0, 0.05) is 5.39 Å². The van der Waals surface area contributed by atoms with E-state index < -0.39 is 0 Å². The number of hydrogen-bond acceptors (Lipinski definition) is 4. The van der Waals surface area contributed by atoms with Gasteiger partial charge in [-0.05, 0) is 35.7 Å². The fourth-order valence-electron chi connectivity index (χ4n) is 3.09. The third kappa shape index (κ3) is 4.16. The standard InChI is InChI=1S/C21H23N3O3/c1-14(2)21(15-8-10-16(27-3)11-9-15)23-20(26)13-24-18-7-5-4-6-17(18)19(25)12-22-24/h4-12,14,21H,13H2,1-3H3,(H,23,26). The number of hydrogen-bond donors (Lipinski definition) is 1. The smallest absolute Gasteiger partial charge is 0.242 e. The Morgan fingerprint density at radius 2 is 1.85 bits per heavy atom. The van der Waals surface area contributed by atoms with Crippen molar-refractivity contribution in [3.05, 3.63) is 70.5 Å². The molecule has 0 aliphatic rings. The largest absolute Gasteiger partial charge is 0.497 e. The zero-order chi connectivity index (χ0) is 19.4. The molecule has 1 atom stereocenters. The van der Waals surface area contributed by atoms with E-state index in [0.717, 1.165) is 11.3 Å². The predicted octanol–water partition coefficient (Wildman–Crippen LogP) is 2.92. The zero-order valence-corrected chi connectivity index (χ0v) is 15.7. The van der Waals surface area contributed by atoms with E-state index in [-0.39, 0.29) is 29.8 Å². The van der Waals surface area contributed by atoms with E-state index in [9.17, 15) is 9.59 Å². The normalized spacial score (nSPS) is 12.1. The molecule has 0 saturated carbocycles. The van der Waals surface area contributed by atoms with Crippen LogP contribution in [0.3, 0.4) is 0 Å². The zero-order valence-electron chi connectivity index (χ0n) is 15.7. The first-order valence-corrected chi connectivity index (χ1v) is 8.87. The number of nitrogens with zero attached hydrogens (tertiary/aromatic N) is 2. The first-order chi connectivity index (χ1) is 13.0. The highest BCUT2D eigenvalue weighted by Gasteiger charge is 2.19. The number of ether oxygens (including phenoxy) is 1. The quantitative estimate of drug-likeness (QED) is 0.729. The van der Waals surface area contributed by atoms with Gasteiger partial charge in [-0.1, -0.05) is 38.1 Å². The highest BCUT2D eigenvalue weighted by Crippen LogP contribution is 2.24. The summed E-state index contributed by atoms with van der Waals surface area (Å²) < 4.78 is 6.75. The summed E-state index contributed by atoms with van der Waals surface area (Å²) >= 11 is 0. The van der Waals surface area contributed by atoms with Gasteiger partial charge in [-0.15, -0.1) is 0 Å². The molecule has 1 unspecified atom stereocenters. The molecule has 140 valence electrons. The molecular formula is C21H23N3O3. The Morgan fingerprint density at radius 1 is 1.15 bits per heavy atom. The summed E-state index contributed by atoms with van der Waals surface area (Å²) in [5, 5.41) is 7.75. The second kappa shape index (κ2) is 8.03. The summed E-state index contributed by atoms with van der Waals surface area (Å²) in [6.07, 6.45) is 1.25. The number of aromatic nitrogens is 2. The highest BCUT2D eigenvalue weighted by atomic mass is 16.5. The van der Waals surface area contributed by atoms with Crippen LogP contribution in [-0.4, -0.2) is 22.8 Å². The van der Waals surface area contributed by atoms with Gasteiger partial charge in [-0.25, -0.2) is 0 Å². The van der Waals surface area contributed by atoms with E-state index in [2.05, 4.69) is 24.3 Å². The molecule has 0 spiro atoms. The molecule has 3 aromatic rings. The Hall–Kier alpha value is -3.15. The van der Waals surface area contributed by atoms with E-state index >= 15 is 0 Å². The van der Waals surface area contributed by atoms with E-state index in [1.165, 1.54) is 6.20 Å². The van der Waals surface area contributed by atoms with Crippen LogP contribution in [0.2, 0.25) is 0 Å². The third-order valence-electron chi connectivity index (χ3n) is 4.51. The van der Waals surface area contributed by atoms with Crippen LogP contribution in [-0.2, 0) is 11.3 Å². The maximum Gasteiger partial charge on any atom is 0.242 e. The monoisotopic (exact) mass is 365 g/mol. The van der Waals surface area contributed by atoms with Crippen LogP contribution >= 0.6 is 0 Å². The number of carbonyl (C=O) groups is 1. The minimum atomic E-state index is -0.161. The number of amides is 1. The van der Waals surface area contributed by atoms with Crippen molar-refractivity contribution in [1.82, 2.24) is 15.1 Å². The molecule has 6 nitrogen and oxygen atoms in total. The number of para-hydroxylation sites is 1. The van der Waals surface area contributed by atoms with Crippen LogP contribution in [0.15, 0.2) is 59.5 Å². The fourth-order valence-corrected chi connectivity index (χ4v) is 3.09. The highest BCUT2D eigenvalue weighted by molar-refractivity contribution is 5.81. The third-order valence-corrected chi connectivity index (χ3v) is 4.51. The van der Waals surface area contributed by atoms with Gasteiger partial charge in [0.25, 0.3) is 0 Å². The van der Waals surface area contributed by atoms with Crippen molar-refractivity contribution in [2.75, 3.05) is 7.11 Å². The van der Waals surface area contributed by atoms with Crippen molar-refractivity contribution in [2.24, 2.45) is 5.92 Å². The molecule has 1 heterocycles. The molecule has 1 aromatic heterocycles. The maximum absolute atomic E-state index is 12.7. The number of rotatable bonds is 6. The summed E-state index contributed by atoms with van der Waals surface area (Å²) in [7, 11) is 1.62. The Labute approximate surface area is 157 Å². The van der Waals surface area contributed by atoms with Gasteiger partial charge in [0.05, 0.1) is 24.9 Å². The number of fused-ring (bicyclic) bond motifs is 1. The van der Waals surface area contributed by atoms with Gasteiger partial charge in [0.2, 0.25) is 11.3 Å². The fraction of sp³-hybridized carbons (Fsp3) is 0.286. The van der Waals surface area contributed by atoms with Gasteiger partial charge in [-0.3, -0.25) is 14.3 Å². The SMILES string of the molecule is COc1ccc(C(NC(=O)Cn2ncc(=O)c3ccccc32)C(C)C)cc1. The lowest BCUT2D eigenvalue weighted by Gasteiger charge is -2.23. The van der Waals surface area contributed by atoms with Crippen LogP contribution in [0.5, 0.6) is 5.75 Å². The van der Waals surface area contributed by atoms with E-state index in [4.69, 9.17) is 4.74 Å².